The highest BCUT2D eigenvalue weighted by molar-refractivity contribution is 9.08. The Hall–Kier alpha value is -0.540. The molecule has 2 nitrogen and oxygen atoms in total. The van der Waals surface area contributed by atoms with Gasteiger partial charge in [-0.1, -0.05) is 28.1 Å². The molecule has 1 aliphatic rings. The van der Waals surface area contributed by atoms with Crippen LogP contribution in [-0.2, 0) is 10.1 Å². The third-order valence-corrected chi connectivity index (χ3v) is 3.55. The van der Waals surface area contributed by atoms with Gasteiger partial charge in [0.05, 0.1) is 6.61 Å². The number of hydrogen-bond acceptors (Lipinski definition) is 2. The molecule has 0 N–H and O–H groups in total. The second-order valence-electron chi connectivity index (χ2n) is 4.14. The van der Waals surface area contributed by atoms with Crippen LogP contribution in [0.1, 0.15) is 18.4 Å². The summed E-state index contributed by atoms with van der Waals surface area (Å²) >= 11 is 3.43. The molecule has 1 fully saturated rings. The van der Waals surface area contributed by atoms with E-state index in [0.29, 0.717) is 5.92 Å². The topological polar surface area (TPSA) is 18.5 Å². The Balaban J connectivity index is 1.79. The zero-order valence-corrected chi connectivity index (χ0v) is 10.9. The molecule has 0 aromatic heterocycles. The summed E-state index contributed by atoms with van der Waals surface area (Å²) in [5.74, 6) is 1.63. The number of rotatable bonds is 4. The van der Waals surface area contributed by atoms with Crippen molar-refractivity contribution < 1.29 is 9.47 Å². The van der Waals surface area contributed by atoms with E-state index in [1.54, 1.807) is 0 Å². The van der Waals surface area contributed by atoms with Gasteiger partial charge in [-0.15, -0.1) is 0 Å². The molecular formula is C13H17BrO2. The SMILES string of the molecule is BrCc1ccc(OCC2CCOCC2)cc1. The Morgan fingerprint density at radius 2 is 1.88 bits per heavy atom. The molecule has 0 atom stereocenters. The summed E-state index contributed by atoms with van der Waals surface area (Å²) in [7, 11) is 0. The smallest absolute Gasteiger partial charge is 0.119 e. The van der Waals surface area contributed by atoms with Crippen molar-refractivity contribution in [3.63, 3.8) is 0 Å². The Morgan fingerprint density at radius 3 is 2.50 bits per heavy atom. The maximum absolute atomic E-state index is 5.77. The minimum atomic E-state index is 0.657. The average Bonchev–Trinajstić information content (AvgIpc) is 2.38. The lowest BCUT2D eigenvalue weighted by Crippen LogP contribution is -2.21. The molecule has 1 aromatic carbocycles. The van der Waals surface area contributed by atoms with Crippen molar-refractivity contribution in [3.8, 4) is 5.75 Å². The minimum absolute atomic E-state index is 0.657. The molecule has 1 aromatic rings. The third kappa shape index (κ3) is 3.49. The lowest BCUT2D eigenvalue weighted by Gasteiger charge is -2.22. The van der Waals surface area contributed by atoms with E-state index in [4.69, 9.17) is 9.47 Å². The Morgan fingerprint density at radius 1 is 1.19 bits per heavy atom. The van der Waals surface area contributed by atoms with Crippen LogP contribution in [-0.4, -0.2) is 19.8 Å². The zero-order chi connectivity index (χ0) is 11.2. The van der Waals surface area contributed by atoms with Crippen molar-refractivity contribution in [2.75, 3.05) is 19.8 Å². The van der Waals surface area contributed by atoms with E-state index in [2.05, 4.69) is 28.1 Å². The molecule has 1 saturated heterocycles. The first-order valence-corrected chi connectivity index (χ1v) is 6.86. The van der Waals surface area contributed by atoms with Gasteiger partial charge in [0.25, 0.3) is 0 Å². The van der Waals surface area contributed by atoms with Gasteiger partial charge in [-0.25, -0.2) is 0 Å². The van der Waals surface area contributed by atoms with Crippen molar-refractivity contribution in [2.45, 2.75) is 18.2 Å². The molecule has 0 bridgehead atoms. The highest BCUT2D eigenvalue weighted by Crippen LogP contribution is 2.18. The van der Waals surface area contributed by atoms with Gasteiger partial charge in [-0.2, -0.15) is 0 Å². The van der Waals surface area contributed by atoms with E-state index in [9.17, 15) is 0 Å². The lowest BCUT2D eigenvalue weighted by atomic mass is 10.0. The highest BCUT2D eigenvalue weighted by Gasteiger charge is 2.14. The molecule has 88 valence electrons. The van der Waals surface area contributed by atoms with E-state index in [1.807, 2.05) is 12.1 Å². The summed E-state index contributed by atoms with van der Waals surface area (Å²) in [4.78, 5) is 0. The van der Waals surface area contributed by atoms with Crippen molar-refractivity contribution in [1.82, 2.24) is 0 Å². The molecule has 16 heavy (non-hydrogen) atoms. The fraction of sp³-hybridized carbons (Fsp3) is 0.538. The molecule has 3 heteroatoms. The number of hydrogen-bond donors (Lipinski definition) is 0. The first-order chi connectivity index (χ1) is 7.88. The Kier molecular flexibility index (Phi) is 4.67. The van der Waals surface area contributed by atoms with Crippen LogP contribution in [0, 0.1) is 5.92 Å². The van der Waals surface area contributed by atoms with Crippen LogP contribution in [0.15, 0.2) is 24.3 Å². The van der Waals surface area contributed by atoms with Gasteiger partial charge >= 0.3 is 0 Å². The molecule has 1 heterocycles. The Labute approximate surface area is 105 Å². The van der Waals surface area contributed by atoms with Crippen molar-refractivity contribution in [1.29, 1.82) is 0 Å². The Bertz CT molecular complexity index is 304. The van der Waals surface area contributed by atoms with Crippen LogP contribution in [0.25, 0.3) is 0 Å². The number of halogens is 1. The first kappa shape index (κ1) is 11.9. The predicted octanol–water partition coefficient (Wildman–Crippen LogP) is 3.39. The molecule has 0 spiro atoms. The molecule has 1 aliphatic heterocycles. The summed E-state index contributed by atoms with van der Waals surface area (Å²) in [6.45, 7) is 2.59. The molecule has 2 rings (SSSR count). The number of ether oxygens (including phenoxy) is 2. The van der Waals surface area contributed by atoms with Crippen LogP contribution < -0.4 is 4.74 Å². The second-order valence-corrected chi connectivity index (χ2v) is 4.71. The monoisotopic (exact) mass is 284 g/mol. The summed E-state index contributed by atoms with van der Waals surface area (Å²) in [5, 5.41) is 0.896. The van der Waals surface area contributed by atoms with E-state index < -0.39 is 0 Å². The molecule has 0 aliphatic carbocycles. The van der Waals surface area contributed by atoms with Crippen LogP contribution in [0.5, 0.6) is 5.75 Å². The van der Waals surface area contributed by atoms with Gasteiger partial charge in [0.1, 0.15) is 5.75 Å². The van der Waals surface area contributed by atoms with E-state index in [-0.39, 0.29) is 0 Å². The predicted molar refractivity (Wildman–Crippen MR) is 68.1 cm³/mol. The van der Waals surface area contributed by atoms with Gasteiger partial charge < -0.3 is 9.47 Å². The normalized spacial score (nSPS) is 17.3. The van der Waals surface area contributed by atoms with Crippen molar-refractivity contribution in [3.05, 3.63) is 29.8 Å². The minimum Gasteiger partial charge on any atom is -0.493 e. The molecule has 0 saturated carbocycles. The van der Waals surface area contributed by atoms with Gasteiger partial charge in [0.2, 0.25) is 0 Å². The van der Waals surface area contributed by atoms with Crippen LogP contribution in [0.3, 0.4) is 0 Å². The largest absolute Gasteiger partial charge is 0.493 e. The van der Waals surface area contributed by atoms with E-state index >= 15 is 0 Å². The van der Waals surface area contributed by atoms with E-state index in [1.165, 1.54) is 5.56 Å². The second kappa shape index (κ2) is 6.26. The molecule has 0 amide bonds. The van der Waals surface area contributed by atoms with Gasteiger partial charge in [0.15, 0.2) is 0 Å². The maximum atomic E-state index is 5.77. The van der Waals surface area contributed by atoms with Gasteiger partial charge in [0, 0.05) is 18.5 Å². The van der Waals surface area contributed by atoms with E-state index in [0.717, 1.165) is 43.7 Å². The van der Waals surface area contributed by atoms with Crippen LogP contribution >= 0.6 is 15.9 Å². The fourth-order valence-corrected chi connectivity index (χ4v) is 2.18. The highest BCUT2D eigenvalue weighted by atomic mass is 79.9. The van der Waals surface area contributed by atoms with Gasteiger partial charge in [-0.05, 0) is 36.5 Å². The first-order valence-electron chi connectivity index (χ1n) is 5.74. The summed E-state index contributed by atoms with van der Waals surface area (Å²) in [5.41, 5.74) is 1.28. The van der Waals surface area contributed by atoms with Crippen molar-refractivity contribution >= 4 is 15.9 Å². The fourth-order valence-electron chi connectivity index (χ4n) is 1.80. The molecular weight excluding hydrogens is 268 g/mol. The van der Waals surface area contributed by atoms with Crippen molar-refractivity contribution in [2.24, 2.45) is 5.92 Å². The molecule has 0 unspecified atom stereocenters. The summed E-state index contributed by atoms with van der Waals surface area (Å²) in [6.07, 6.45) is 2.25. The standard InChI is InChI=1S/C13H17BrO2/c14-9-11-1-3-13(4-2-11)16-10-12-5-7-15-8-6-12/h1-4,12H,5-10H2. The number of benzene rings is 1. The number of alkyl halides is 1. The quantitative estimate of drug-likeness (QED) is 0.789. The summed E-state index contributed by atoms with van der Waals surface area (Å²) < 4.78 is 11.1. The lowest BCUT2D eigenvalue weighted by molar-refractivity contribution is 0.0497. The van der Waals surface area contributed by atoms with Gasteiger partial charge in [-0.3, -0.25) is 0 Å². The van der Waals surface area contributed by atoms with Crippen LogP contribution in [0.4, 0.5) is 0 Å². The van der Waals surface area contributed by atoms with Crippen LogP contribution in [0.2, 0.25) is 0 Å². The third-order valence-electron chi connectivity index (χ3n) is 2.90. The zero-order valence-electron chi connectivity index (χ0n) is 9.32. The average molecular weight is 285 g/mol. The maximum Gasteiger partial charge on any atom is 0.119 e. The summed E-state index contributed by atoms with van der Waals surface area (Å²) in [6, 6.07) is 8.26. The molecule has 0 radical (unpaired) electrons.